The number of aliphatic imine (C=N–C) groups is 1. The summed E-state index contributed by atoms with van der Waals surface area (Å²) in [6.45, 7) is 8.70. The lowest BCUT2D eigenvalue weighted by molar-refractivity contribution is -0.138. The number of nitrogens with zero attached hydrogens (tertiary/aromatic N) is 2. The van der Waals surface area contributed by atoms with E-state index in [1.54, 1.807) is 6.21 Å². The van der Waals surface area contributed by atoms with Crippen LogP contribution in [0, 0.1) is 0 Å². The predicted molar refractivity (Wildman–Crippen MR) is 70.2 cm³/mol. The molecule has 1 heterocycles. The standard InChI is InChI=1S/C11H22N2O3Si/c1-17(2,3)5-4-16-9-13-8-12-7-10(13)6-11(14)15/h7,10H,4-6,8-9H2,1-3H3,(H,14,15). The predicted octanol–water partition coefficient (Wildman–Crippen LogP) is 1.49. The SMILES string of the molecule is C[Si](C)(C)CCOCN1CN=CC1CC(=O)O. The summed E-state index contributed by atoms with van der Waals surface area (Å²) < 4.78 is 5.59. The maximum atomic E-state index is 10.6. The van der Waals surface area contributed by atoms with Gasteiger partial charge in [-0.25, -0.2) is 0 Å². The van der Waals surface area contributed by atoms with Gasteiger partial charge in [-0.2, -0.15) is 0 Å². The Morgan fingerprint density at radius 2 is 2.29 bits per heavy atom. The average molecular weight is 258 g/mol. The van der Waals surface area contributed by atoms with Crippen LogP contribution in [0.25, 0.3) is 0 Å². The van der Waals surface area contributed by atoms with Gasteiger partial charge in [0.15, 0.2) is 0 Å². The summed E-state index contributed by atoms with van der Waals surface area (Å²) in [7, 11) is -1.05. The summed E-state index contributed by atoms with van der Waals surface area (Å²) in [6.07, 6.45) is 1.80. The van der Waals surface area contributed by atoms with Crippen LogP contribution in [0.4, 0.5) is 0 Å². The molecule has 5 nitrogen and oxygen atoms in total. The normalized spacial score (nSPS) is 21.0. The van der Waals surface area contributed by atoms with E-state index in [4.69, 9.17) is 9.84 Å². The third-order valence-electron chi connectivity index (χ3n) is 2.65. The fourth-order valence-corrected chi connectivity index (χ4v) is 2.29. The lowest BCUT2D eigenvalue weighted by atomic mass is 10.2. The minimum atomic E-state index is -1.05. The van der Waals surface area contributed by atoms with Crippen LogP contribution in [0.5, 0.6) is 0 Å². The Morgan fingerprint density at radius 3 is 2.88 bits per heavy atom. The van der Waals surface area contributed by atoms with Crippen molar-refractivity contribution in [1.82, 2.24) is 4.90 Å². The van der Waals surface area contributed by atoms with Crippen molar-refractivity contribution < 1.29 is 14.6 Å². The molecule has 1 unspecified atom stereocenters. The molecule has 0 fully saturated rings. The van der Waals surface area contributed by atoms with Crippen LogP contribution in [0.2, 0.25) is 25.7 Å². The molecule has 1 aliphatic rings. The summed E-state index contributed by atoms with van der Waals surface area (Å²) in [5.74, 6) is -0.796. The van der Waals surface area contributed by atoms with Gasteiger partial charge in [-0.1, -0.05) is 19.6 Å². The molecule has 1 atom stereocenters. The zero-order valence-corrected chi connectivity index (χ0v) is 11.8. The van der Waals surface area contributed by atoms with Crippen molar-refractivity contribution in [2.24, 2.45) is 4.99 Å². The molecular formula is C11H22N2O3Si. The molecule has 6 heteroatoms. The first-order valence-electron chi connectivity index (χ1n) is 5.92. The Hall–Kier alpha value is -0.723. The molecule has 1 aliphatic heterocycles. The fraction of sp³-hybridized carbons (Fsp3) is 0.818. The van der Waals surface area contributed by atoms with Gasteiger partial charge in [0.05, 0.1) is 19.1 Å². The molecule has 17 heavy (non-hydrogen) atoms. The number of aliphatic carboxylic acids is 1. The van der Waals surface area contributed by atoms with E-state index in [1.165, 1.54) is 0 Å². The molecule has 98 valence electrons. The molecule has 0 aromatic carbocycles. The van der Waals surface area contributed by atoms with Crippen molar-refractivity contribution in [3.05, 3.63) is 0 Å². The lowest BCUT2D eigenvalue weighted by Gasteiger charge is -2.22. The van der Waals surface area contributed by atoms with E-state index in [2.05, 4.69) is 24.6 Å². The van der Waals surface area contributed by atoms with Crippen LogP contribution in [-0.4, -0.2) is 56.3 Å². The second-order valence-electron chi connectivity index (χ2n) is 5.58. The van der Waals surface area contributed by atoms with Crippen LogP contribution in [0.3, 0.4) is 0 Å². The van der Waals surface area contributed by atoms with Crippen LogP contribution in [0.15, 0.2) is 4.99 Å². The Kier molecular flexibility index (Phi) is 5.29. The minimum Gasteiger partial charge on any atom is -0.481 e. The topological polar surface area (TPSA) is 62.1 Å². The first-order chi connectivity index (χ1) is 7.88. The highest BCUT2D eigenvalue weighted by Gasteiger charge is 2.23. The highest BCUT2D eigenvalue weighted by molar-refractivity contribution is 6.76. The molecular weight excluding hydrogens is 236 g/mol. The third-order valence-corrected chi connectivity index (χ3v) is 4.35. The molecule has 0 saturated heterocycles. The van der Waals surface area contributed by atoms with E-state index in [1.807, 2.05) is 4.90 Å². The Bertz CT molecular complexity index is 289. The van der Waals surface area contributed by atoms with Gasteiger partial charge in [0.2, 0.25) is 0 Å². The highest BCUT2D eigenvalue weighted by atomic mass is 28.3. The van der Waals surface area contributed by atoms with Gasteiger partial charge in [-0.3, -0.25) is 14.7 Å². The number of carboxylic acid groups (broad SMARTS) is 1. The molecule has 0 bridgehead atoms. The maximum absolute atomic E-state index is 10.6. The Morgan fingerprint density at radius 1 is 1.59 bits per heavy atom. The Labute approximate surface area is 103 Å². The highest BCUT2D eigenvalue weighted by Crippen LogP contribution is 2.11. The molecule has 0 amide bonds. The van der Waals surface area contributed by atoms with Gasteiger partial charge < -0.3 is 9.84 Å². The number of hydrogen-bond donors (Lipinski definition) is 1. The first kappa shape index (κ1) is 14.3. The number of carboxylic acids is 1. The third kappa shape index (κ3) is 5.95. The van der Waals surface area contributed by atoms with E-state index in [0.717, 1.165) is 12.7 Å². The molecule has 1 rings (SSSR count). The van der Waals surface area contributed by atoms with E-state index in [0.29, 0.717) is 13.4 Å². The number of rotatable bonds is 7. The molecule has 0 spiro atoms. The smallest absolute Gasteiger partial charge is 0.305 e. The number of carbonyl (C=O) groups is 1. The molecule has 0 aromatic rings. The Balaban J connectivity index is 2.21. The van der Waals surface area contributed by atoms with Crippen LogP contribution >= 0.6 is 0 Å². The summed E-state index contributed by atoms with van der Waals surface area (Å²) in [5, 5.41) is 8.75. The second kappa shape index (κ2) is 6.27. The first-order valence-corrected chi connectivity index (χ1v) is 9.63. The van der Waals surface area contributed by atoms with Crippen molar-refractivity contribution in [2.75, 3.05) is 20.0 Å². The second-order valence-corrected chi connectivity index (χ2v) is 11.2. The summed E-state index contributed by atoms with van der Waals surface area (Å²) >= 11 is 0. The average Bonchev–Trinajstić information content (AvgIpc) is 2.58. The van der Waals surface area contributed by atoms with Gasteiger partial charge in [0.1, 0.15) is 6.73 Å². The zero-order chi connectivity index (χ0) is 12.9. The lowest BCUT2D eigenvalue weighted by Crippen LogP contribution is -2.36. The molecule has 1 N–H and O–H groups in total. The molecule has 0 aliphatic carbocycles. The van der Waals surface area contributed by atoms with Gasteiger partial charge in [0.25, 0.3) is 0 Å². The monoisotopic (exact) mass is 258 g/mol. The zero-order valence-electron chi connectivity index (χ0n) is 10.8. The van der Waals surface area contributed by atoms with Crippen molar-refractivity contribution in [3.8, 4) is 0 Å². The van der Waals surface area contributed by atoms with Crippen molar-refractivity contribution >= 4 is 20.3 Å². The van der Waals surface area contributed by atoms with Gasteiger partial charge in [-0.15, -0.1) is 0 Å². The van der Waals surface area contributed by atoms with E-state index in [9.17, 15) is 4.79 Å². The van der Waals surface area contributed by atoms with Crippen molar-refractivity contribution in [1.29, 1.82) is 0 Å². The van der Waals surface area contributed by atoms with Gasteiger partial charge >= 0.3 is 5.97 Å². The summed E-state index contributed by atoms with van der Waals surface area (Å²) in [5.41, 5.74) is 0. The van der Waals surface area contributed by atoms with E-state index < -0.39 is 14.0 Å². The molecule has 0 radical (unpaired) electrons. The van der Waals surface area contributed by atoms with Gasteiger partial charge in [0, 0.05) is 20.9 Å². The number of hydrogen-bond acceptors (Lipinski definition) is 4. The van der Waals surface area contributed by atoms with Crippen molar-refractivity contribution in [2.45, 2.75) is 38.1 Å². The van der Waals surface area contributed by atoms with Crippen LogP contribution < -0.4 is 0 Å². The summed E-state index contributed by atoms with van der Waals surface area (Å²) in [6, 6.07) is 1.02. The van der Waals surface area contributed by atoms with Gasteiger partial charge in [-0.05, 0) is 6.04 Å². The summed E-state index contributed by atoms with van der Waals surface area (Å²) in [4.78, 5) is 16.7. The maximum Gasteiger partial charge on any atom is 0.305 e. The largest absolute Gasteiger partial charge is 0.481 e. The fourth-order valence-electron chi connectivity index (χ4n) is 1.53. The molecule has 0 saturated carbocycles. The quantitative estimate of drug-likeness (QED) is 0.555. The van der Waals surface area contributed by atoms with E-state index in [-0.39, 0.29) is 12.5 Å². The van der Waals surface area contributed by atoms with E-state index >= 15 is 0 Å². The van der Waals surface area contributed by atoms with Crippen molar-refractivity contribution in [3.63, 3.8) is 0 Å². The molecule has 0 aromatic heterocycles. The number of ether oxygens (including phenoxy) is 1. The van der Waals surface area contributed by atoms with Crippen LogP contribution in [-0.2, 0) is 9.53 Å². The minimum absolute atomic E-state index is 0.0981. The van der Waals surface area contributed by atoms with Crippen LogP contribution in [0.1, 0.15) is 6.42 Å².